The second-order valence-electron chi connectivity index (χ2n) is 6.95. The Morgan fingerprint density at radius 3 is 2.35 bits per heavy atom. The predicted octanol–water partition coefficient (Wildman–Crippen LogP) is 2.67. The molecule has 5 heteroatoms. The van der Waals surface area contributed by atoms with Crippen molar-refractivity contribution >= 4 is 6.09 Å². The van der Waals surface area contributed by atoms with Crippen LogP contribution in [-0.2, 0) is 4.74 Å². The third-order valence-corrected chi connectivity index (χ3v) is 3.51. The number of rotatable bonds is 4. The lowest BCUT2D eigenvalue weighted by Crippen LogP contribution is -2.56. The van der Waals surface area contributed by atoms with Gasteiger partial charge < -0.3 is 10.1 Å². The van der Waals surface area contributed by atoms with Gasteiger partial charge in [0.2, 0.25) is 0 Å². The third-order valence-electron chi connectivity index (χ3n) is 3.51. The van der Waals surface area contributed by atoms with Crippen LogP contribution in [0.3, 0.4) is 0 Å². The van der Waals surface area contributed by atoms with Gasteiger partial charge in [-0.25, -0.2) is 9.80 Å². The van der Waals surface area contributed by atoms with E-state index >= 15 is 0 Å². The van der Waals surface area contributed by atoms with Gasteiger partial charge in [0.25, 0.3) is 0 Å². The second kappa shape index (κ2) is 7.27. The van der Waals surface area contributed by atoms with Crippen molar-refractivity contribution in [3.8, 4) is 0 Å². The number of carbonyl (C=O) groups excluding carboxylic acids is 1. The van der Waals surface area contributed by atoms with Gasteiger partial charge >= 0.3 is 6.09 Å². The van der Waals surface area contributed by atoms with E-state index in [0.717, 1.165) is 0 Å². The normalized spacial score (nSPS) is 26.1. The number of hydrogen-bond acceptors (Lipinski definition) is 4. The third kappa shape index (κ3) is 6.09. The monoisotopic (exact) mass is 285 g/mol. The lowest BCUT2D eigenvalue weighted by Gasteiger charge is -2.40. The van der Waals surface area contributed by atoms with Crippen molar-refractivity contribution in [1.29, 1.82) is 0 Å². The van der Waals surface area contributed by atoms with E-state index in [2.05, 4.69) is 36.5 Å². The van der Waals surface area contributed by atoms with Crippen molar-refractivity contribution in [3.63, 3.8) is 0 Å². The second-order valence-corrected chi connectivity index (χ2v) is 6.95. The van der Waals surface area contributed by atoms with Gasteiger partial charge in [0.05, 0.1) is 0 Å². The molecule has 3 unspecified atom stereocenters. The van der Waals surface area contributed by atoms with Crippen molar-refractivity contribution in [2.75, 3.05) is 6.54 Å². The SMILES string of the molecule is CC(CNC(=O)OC(C)(C)C)NN1C(C)CCCC1C. The first-order chi connectivity index (χ1) is 9.19. The fourth-order valence-corrected chi connectivity index (χ4v) is 2.53. The number of amides is 1. The lowest BCUT2D eigenvalue weighted by molar-refractivity contribution is 0.0293. The molecule has 1 amide bonds. The van der Waals surface area contributed by atoms with Crippen molar-refractivity contribution in [3.05, 3.63) is 0 Å². The van der Waals surface area contributed by atoms with Crippen molar-refractivity contribution in [2.24, 2.45) is 0 Å². The van der Waals surface area contributed by atoms with E-state index in [1.807, 2.05) is 20.8 Å². The van der Waals surface area contributed by atoms with Crippen molar-refractivity contribution in [2.45, 2.75) is 84.5 Å². The summed E-state index contributed by atoms with van der Waals surface area (Å²) >= 11 is 0. The minimum absolute atomic E-state index is 0.186. The van der Waals surface area contributed by atoms with Crippen molar-refractivity contribution < 1.29 is 9.53 Å². The van der Waals surface area contributed by atoms with Gasteiger partial charge in [-0.2, -0.15) is 0 Å². The maximum Gasteiger partial charge on any atom is 0.407 e. The number of hydrogen-bond donors (Lipinski definition) is 2. The van der Waals surface area contributed by atoms with Crippen LogP contribution < -0.4 is 10.7 Å². The van der Waals surface area contributed by atoms with Crippen LogP contribution in [-0.4, -0.2) is 41.4 Å². The number of ether oxygens (including phenoxy) is 1. The van der Waals surface area contributed by atoms with Gasteiger partial charge in [-0.3, -0.25) is 5.43 Å². The highest BCUT2D eigenvalue weighted by molar-refractivity contribution is 5.67. The van der Waals surface area contributed by atoms with E-state index in [1.54, 1.807) is 0 Å². The summed E-state index contributed by atoms with van der Waals surface area (Å²) in [5, 5.41) is 5.13. The first-order valence-electron chi connectivity index (χ1n) is 7.70. The molecule has 0 aromatic carbocycles. The average molecular weight is 285 g/mol. The molecule has 0 aromatic heterocycles. The van der Waals surface area contributed by atoms with Gasteiger partial charge in [0.15, 0.2) is 0 Å². The zero-order valence-electron chi connectivity index (χ0n) is 13.8. The van der Waals surface area contributed by atoms with Crippen molar-refractivity contribution in [1.82, 2.24) is 15.8 Å². The molecule has 0 saturated carbocycles. The van der Waals surface area contributed by atoms with Gasteiger partial charge in [-0.15, -0.1) is 0 Å². The number of piperidine rings is 1. The Hall–Kier alpha value is -0.810. The summed E-state index contributed by atoms with van der Waals surface area (Å²) in [5.74, 6) is 0. The van der Waals surface area contributed by atoms with Crippen LogP contribution in [0.2, 0.25) is 0 Å². The largest absolute Gasteiger partial charge is 0.444 e. The first kappa shape index (κ1) is 17.2. The van der Waals surface area contributed by atoms with Crippen LogP contribution in [0.5, 0.6) is 0 Å². The fraction of sp³-hybridized carbons (Fsp3) is 0.933. The summed E-state index contributed by atoms with van der Waals surface area (Å²) in [6.45, 7) is 12.7. The van der Waals surface area contributed by atoms with E-state index in [0.29, 0.717) is 18.6 Å². The maximum atomic E-state index is 11.6. The minimum Gasteiger partial charge on any atom is -0.444 e. The molecule has 5 nitrogen and oxygen atoms in total. The molecule has 0 spiro atoms. The van der Waals surface area contributed by atoms with Crippen LogP contribution in [0.25, 0.3) is 0 Å². The molecule has 0 aromatic rings. The topological polar surface area (TPSA) is 53.6 Å². The number of hydrazine groups is 1. The molecule has 1 fully saturated rings. The predicted molar refractivity (Wildman–Crippen MR) is 81.4 cm³/mol. The zero-order chi connectivity index (χ0) is 15.3. The highest BCUT2D eigenvalue weighted by atomic mass is 16.6. The highest BCUT2D eigenvalue weighted by Gasteiger charge is 2.25. The Labute approximate surface area is 123 Å². The Morgan fingerprint density at radius 1 is 1.30 bits per heavy atom. The molecule has 118 valence electrons. The first-order valence-corrected chi connectivity index (χ1v) is 7.70. The molecule has 2 N–H and O–H groups in total. The Kier molecular flexibility index (Phi) is 6.27. The number of nitrogens with zero attached hydrogens (tertiary/aromatic N) is 1. The highest BCUT2D eigenvalue weighted by Crippen LogP contribution is 2.20. The molecule has 0 radical (unpaired) electrons. The summed E-state index contributed by atoms with van der Waals surface area (Å²) < 4.78 is 5.23. The summed E-state index contributed by atoms with van der Waals surface area (Å²) in [5.41, 5.74) is 3.05. The van der Waals surface area contributed by atoms with Crippen LogP contribution in [0.15, 0.2) is 0 Å². The summed E-state index contributed by atoms with van der Waals surface area (Å²) in [7, 11) is 0. The Balaban J connectivity index is 2.32. The Morgan fingerprint density at radius 2 is 1.85 bits per heavy atom. The van der Waals surface area contributed by atoms with Gasteiger partial charge in [0.1, 0.15) is 5.60 Å². The van der Waals surface area contributed by atoms with E-state index in [1.165, 1.54) is 19.3 Å². The molecule has 1 aliphatic rings. The smallest absolute Gasteiger partial charge is 0.407 e. The molecule has 0 bridgehead atoms. The van der Waals surface area contributed by atoms with E-state index in [-0.39, 0.29) is 12.1 Å². The Bertz CT molecular complexity index is 305. The fourth-order valence-electron chi connectivity index (χ4n) is 2.53. The molecule has 1 saturated heterocycles. The summed E-state index contributed by atoms with van der Waals surface area (Å²) in [6.07, 6.45) is 3.39. The standard InChI is InChI=1S/C15H31N3O2/c1-11(10-16-14(19)20-15(4,5)6)17-18-12(2)8-7-9-13(18)3/h11-13,17H,7-10H2,1-6H3,(H,16,19). The van der Waals surface area contributed by atoms with E-state index < -0.39 is 5.60 Å². The number of nitrogens with one attached hydrogen (secondary N) is 2. The van der Waals surface area contributed by atoms with Crippen LogP contribution in [0.4, 0.5) is 4.79 Å². The van der Waals surface area contributed by atoms with Crippen LogP contribution in [0.1, 0.15) is 60.8 Å². The van der Waals surface area contributed by atoms with E-state index in [9.17, 15) is 4.79 Å². The molecule has 0 aliphatic carbocycles. The minimum atomic E-state index is -0.448. The van der Waals surface area contributed by atoms with Crippen LogP contribution >= 0.6 is 0 Å². The molecule has 20 heavy (non-hydrogen) atoms. The lowest BCUT2D eigenvalue weighted by atomic mass is 10.00. The maximum absolute atomic E-state index is 11.6. The number of carbonyl (C=O) groups is 1. The van der Waals surface area contributed by atoms with E-state index in [4.69, 9.17) is 4.74 Å². The molecule has 1 rings (SSSR count). The number of alkyl carbamates (subject to hydrolysis) is 1. The summed E-state index contributed by atoms with van der Waals surface area (Å²) in [4.78, 5) is 11.6. The molecule has 1 aliphatic heterocycles. The van der Waals surface area contributed by atoms with Gasteiger partial charge in [-0.05, 0) is 54.4 Å². The molecular weight excluding hydrogens is 254 g/mol. The zero-order valence-corrected chi connectivity index (χ0v) is 13.8. The van der Waals surface area contributed by atoms with Crippen LogP contribution in [0, 0.1) is 0 Å². The summed E-state index contributed by atoms with van der Waals surface area (Å²) in [6, 6.07) is 1.27. The molecule has 3 atom stereocenters. The average Bonchev–Trinajstić information content (AvgIpc) is 2.29. The van der Waals surface area contributed by atoms with Gasteiger partial charge in [-0.1, -0.05) is 6.42 Å². The molecular formula is C15H31N3O2. The van der Waals surface area contributed by atoms with Gasteiger partial charge in [0, 0.05) is 24.7 Å². The molecule has 1 heterocycles. The quantitative estimate of drug-likeness (QED) is 0.834.